The molecule has 4 nitrogen and oxygen atoms in total. The normalized spacial score (nSPS) is 26.0. The molecule has 1 fully saturated rings. The van der Waals surface area contributed by atoms with E-state index in [0.29, 0.717) is 11.1 Å². The third-order valence-electron chi connectivity index (χ3n) is 3.60. The Balaban J connectivity index is 2.00. The number of fused-ring (bicyclic) bond motifs is 1. The fourth-order valence-corrected chi connectivity index (χ4v) is 4.75. The van der Waals surface area contributed by atoms with Crippen molar-refractivity contribution in [3.8, 4) is 0 Å². The van der Waals surface area contributed by atoms with E-state index in [1.54, 1.807) is 0 Å². The van der Waals surface area contributed by atoms with E-state index in [9.17, 15) is 8.42 Å². The second-order valence-corrected chi connectivity index (χ2v) is 7.45. The van der Waals surface area contributed by atoms with E-state index in [4.69, 9.17) is 12.2 Å². The second-order valence-electron chi connectivity index (χ2n) is 4.84. The lowest BCUT2D eigenvalue weighted by Gasteiger charge is -2.09. The Morgan fingerprint density at radius 1 is 1.35 bits per heavy atom. The molecule has 0 bridgehead atoms. The van der Waals surface area contributed by atoms with Crippen molar-refractivity contribution in [2.45, 2.75) is 31.6 Å². The summed E-state index contributed by atoms with van der Waals surface area (Å²) in [6.45, 7) is 0. The highest BCUT2D eigenvalue weighted by Gasteiger charge is 2.31. The second kappa shape index (κ2) is 3.88. The summed E-state index contributed by atoms with van der Waals surface area (Å²) in [4.78, 5) is 7.69. The maximum absolute atomic E-state index is 11.5. The van der Waals surface area contributed by atoms with Crippen LogP contribution >= 0.6 is 12.2 Å². The van der Waals surface area contributed by atoms with Gasteiger partial charge in [-0.1, -0.05) is 12.2 Å². The molecule has 0 aromatic carbocycles. The van der Waals surface area contributed by atoms with Crippen molar-refractivity contribution in [2.75, 3.05) is 11.5 Å². The molecule has 6 heteroatoms. The van der Waals surface area contributed by atoms with Gasteiger partial charge in [0, 0.05) is 17.2 Å². The van der Waals surface area contributed by atoms with E-state index in [1.807, 2.05) is 0 Å². The average Bonchev–Trinajstić information content (AvgIpc) is 2.84. The van der Waals surface area contributed by atoms with E-state index < -0.39 is 9.84 Å². The van der Waals surface area contributed by atoms with Gasteiger partial charge in [0.2, 0.25) is 0 Å². The standard InChI is InChI=1S/C11H14N2O2S2/c14-17(15)5-4-7(6-17)10-12-9-3-1-2-8(9)11(16)13-10/h7H,1-6H2,(H,12,13,16). The molecule has 1 aromatic rings. The topological polar surface area (TPSA) is 62.8 Å². The molecule has 0 saturated carbocycles. The van der Waals surface area contributed by atoms with E-state index in [0.717, 1.165) is 30.7 Å². The highest BCUT2D eigenvalue weighted by atomic mass is 32.2. The minimum atomic E-state index is -2.86. The smallest absolute Gasteiger partial charge is 0.151 e. The minimum absolute atomic E-state index is 0.00704. The van der Waals surface area contributed by atoms with Crippen molar-refractivity contribution in [3.05, 3.63) is 21.7 Å². The van der Waals surface area contributed by atoms with Crippen molar-refractivity contribution in [3.63, 3.8) is 0 Å². The molecule has 0 amide bonds. The molecular formula is C11H14N2O2S2. The number of nitrogens with zero attached hydrogens (tertiary/aromatic N) is 1. The van der Waals surface area contributed by atoms with Crippen molar-refractivity contribution in [2.24, 2.45) is 0 Å². The maximum atomic E-state index is 11.5. The van der Waals surface area contributed by atoms with Crippen LogP contribution in [0.5, 0.6) is 0 Å². The summed E-state index contributed by atoms with van der Waals surface area (Å²) in [6, 6.07) is 0. The monoisotopic (exact) mass is 270 g/mol. The van der Waals surface area contributed by atoms with Crippen molar-refractivity contribution < 1.29 is 8.42 Å². The lowest BCUT2D eigenvalue weighted by Crippen LogP contribution is -2.09. The van der Waals surface area contributed by atoms with Gasteiger partial charge in [-0.15, -0.1) is 0 Å². The number of aryl methyl sites for hydroxylation is 1. The Bertz CT molecular complexity index is 619. The van der Waals surface area contributed by atoms with Gasteiger partial charge in [0.05, 0.1) is 11.5 Å². The Morgan fingerprint density at radius 2 is 2.18 bits per heavy atom. The highest BCUT2D eigenvalue weighted by molar-refractivity contribution is 7.91. The molecule has 17 heavy (non-hydrogen) atoms. The van der Waals surface area contributed by atoms with E-state index in [2.05, 4.69) is 9.97 Å². The van der Waals surface area contributed by atoms with Crippen LogP contribution in [0, 0.1) is 4.64 Å². The van der Waals surface area contributed by atoms with Gasteiger partial charge in [-0.2, -0.15) is 0 Å². The first-order chi connectivity index (χ1) is 8.05. The van der Waals surface area contributed by atoms with Gasteiger partial charge in [-0.05, 0) is 25.7 Å². The van der Waals surface area contributed by atoms with Crippen LogP contribution in [0.15, 0.2) is 0 Å². The van der Waals surface area contributed by atoms with Crippen LogP contribution in [0.2, 0.25) is 0 Å². The third kappa shape index (κ3) is 2.04. The van der Waals surface area contributed by atoms with Crippen molar-refractivity contribution in [1.29, 1.82) is 0 Å². The van der Waals surface area contributed by atoms with Crippen molar-refractivity contribution in [1.82, 2.24) is 9.97 Å². The lowest BCUT2D eigenvalue weighted by molar-refractivity contribution is 0.601. The molecule has 1 aromatic heterocycles. The molecule has 92 valence electrons. The van der Waals surface area contributed by atoms with E-state index in [1.165, 1.54) is 5.69 Å². The average molecular weight is 270 g/mol. The SMILES string of the molecule is O=S1(=O)CCC(c2nc(=S)c3c([nH]2)CCC3)C1. The van der Waals surface area contributed by atoms with Gasteiger partial charge < -0.3 is 4.98 Å². The maximum Gasteiger partial charge on any atom is 0.151 e. The molecule has 0 radical (unpaired) electrons. The summed E-state index contributed by atoms with van der Waals surface area (Å²) in [7, 11) is -2.86. The number of sulfone groups is 1. The first-order valence-electron chi connectivity index (χ1n) is 5.87. The van der Waals surface area contributed by atoms with Crippen LogP contribution in [0.1, 0.15) is 35.8 Å². The van der Waals surface area contributed by atoms with Crippen LogP contribution < -0.4 is 0 Å². The predicted octanol–water partition coefficient (Wildman–Crippen LogP) is 1.53. The molecule has 1 aliphatic heterocycles. The van der Waals surface area contributed by atoms with Crippen LogP contribution in [0.3, 0.4) is 0 Å². The number of nitrogens with one attached hydrogen (secondary N) is 1. The van der Waals surface area contributed by atoms with E-state index in [-0.39, 0.29) is 17.4 Å². The van der Waals surface area contributed by atoms with Gasteiger partial charge in [-0.3, -0.25) is 0 Å². The van der Waals surface area contributed by atoms with Crippen LogP contribution in [-0.4, -0.2) is 29.9 Å². The number of aromatic nitrogens is 2. The third-order valence-corrected chi connectivity index (χ3v) is 5.70. The number of H-pyrrole nitrogens is 1. The zero-order valence-corrected chi connectivity index (χ0v) is 11.0. The minimum Gasteiger partial charge on any atom is -0.347 e. The van der Waals surface area contributed by atoms with Crippen molar-refractivity contribution >= 4 is 22.1 Å². The Kier molecular flexibility index (Phi) is 2.59. The molecule has 1 saturated heterocycles. The zero-order valence-electron chi connectivity index (χ0n) is 9.40. The molecular weight excluding hydrogens is 256 g/mol. The molecule has 1 aliphatic carbocycles. The highest BCUT2D eigenvalue weighted by Crippen LogP contribution is 2.29. The summed E-state index contributed by atoms with van der Waals surface area (Å²) in [5.74, 6) is 1.27. The van der Waals surface area contributed by atoms with Crippen LogP contribution in [-0.2, 0) is 22.7 Å². The molecule has 1 atom stereocenters. The summed E-state index contributed by atoms with van der Waals surface area (Å²) < 4.78 is 23.6. The molecule has 3 rings (SSSR count). The Morgan fingerprint density at radius 3 is 2.88 bits per heavy atom. The Labute approximate surface area is 105 Å². The van der Waals surface area contributed by atoms with Crippen LogP contribution in [0.4, 0.5) is 0 Å². The summed E-state index contributed by atoms with van der Waals surface area (Å²) in [5.41, 5.74) is 2.33. The number of hydrogen-bond donors (Lipinski definition) is 1. The number of aromatic amines is 1. The molecule has 0 spiro atoms. The van der Waals surface area contributed by atoms with Gasteiger partial charge in [-0.25, -0.2) is 13.4 Å². The largest absolute Gasteiger partial charge is 0.347 e. The van der Waals surface area contributed by atoms with E-state index >= 15 is 0 Å². The fraction of sp³-hybridized carbons (Fsp3) is 0.636. The van der Waals surface area contributed by atoms with Gasteiger partial charge in [0.15, 0.2) is 9.84 Å². The first kappa shape index (κ1) is 11.3. The molecule has 1 N–H and O–H groups in total. The molecule has 1 unspecified atom stereocenters. The number of hydrogen-bond acceptors (Lipinski definition) is 4. The summed E-state index contributed by atoms with van der Waals surface area (Å²) >= 11 is 5.28. The molecule has 2 aliphatic rings. The first-order valence-corrected chi connectivity index (χ1v) is 8.10. The quantitative estimate of drug-likeness (QED) is 0.786. The summed E-state index contributed by atoms with van der Waals surface area (Å²) in [6.07, 6.45) is 3.79. The zero-order chi connectivity index (χ0) is 12.0. The Hall–Kier alpha value is -0.750. The van der Waals surface area contributed by atoms with Gasteiger partial charge >= 0.3 is 0 Å². The number of rotatable bonds is 1. The predicted molar refractivity (Wildman–Crippen MR) is 67.5 cm³/mol. The summed E-state index contributed by atoms with van der Waals surface area (Å²) in [5, 5.41) is 0. The molecule has 2 heterocycles. The van der Waals surface area contributed by atoms with Crippen LogP contribution in [0.25, 0.3) is 0 Å². The van der Waals surface area contributed by atoms with Gasteiger partial charge in [0.25, 0.3) is 0 Å². The van der Waals surface area contributed by atoms with Gasteiger partial charge in [0.1, 0.15) is 10.5 Å². The lowest BCUT2D eigenvalue weighted by atomic mass is 10.1. The fourth-order valence-electron chi connectivity index (χ4n) is 2.68.